The summed E-state index contributed by atoms with van der Waals surface area (Å²) in [5, 5.41) is 9.46. The predicted molar refractivity (Wildman–Crippen MR) is 516 cm³/mol. The molecule has 0 fully saturated rings. The van der Waals surface area contributed by atoms with Crippen LogP contribution in [0.15, 0.2) is 455 Å². The molecule has 9 nitrogen and oxygen atoms in total. The van der Waals surface area contributed by atoms with Crippen LogP contribution >= 0.6 is 0 Å². The Morgan fingerprint density at radius 2 is 0.424 bits per heavy atom. The lowest BCUT2D eigenvalue weighted by molar-refractivity contribution is 1.07. The smallest absolute Gasteiger partial charge is 0.164 e. The van der Waals surface area contributed by atoms with Gasteiger partial charge in [-0.1, -0.05) is 388 Å². The first-order valence-electron chi connectivity index (χ1n) is 42.1. The van der Waals surface area contributed by atoms with Gasteiger partial charge >= 0.3 is 0 Å². The third-order valence-electron chi connectivity index (χ3n) is 23.6. The van der Waals surface area contributed by atoms with Crippen molar-refractivity contribution in [3.05, 3.63) is 455 Å². The molecule has 0 saturated heterocycles. The number of aromatic nitrogens is 9. The van der Waals surface area contributed by atoms with Gasteiger partial charge in [0.05, 0.1) is 33.5 Å². The van der Waals surface area contributed by atoms with Crippen LogP contribution in [0.5, 0.6) is 0 Å². The highest BCUT2D eigenvalue weighted by atomic mass is 15.0. The van der Waals surface area contributed by atoms with Gasteiger partial charge in [0, 0.05) is 87.9 Å². The summed E-state index contributed by atoms with van der Waals surface area (Å²) in [4.78, 5) is 40.8. The normalized spacial score (nSPS) is 11.4. The Morgan fingerprint density at radius 1 is 0.144 bits per heavy atom. The molecule has 584 valence electrons. The molecule has 125 heavy (non-hydrogen) atoms. The van der Waals surface area contributed by atoms with Gasteiger partial charge in [0.25, 0.3) is 0 Å². The zero-order valence-electron chi connectivity index (χ0n) is 67.8. The molecule has 0 spiro atoms. The molecule has 9 heteroatoms. The van der Waals surface area contributed by atoms with Crippen LogP contribution in [-0.2, 0) is 0 Å². The Kier molecular flexibility index (Phi) is 19.5. The predicted octanol–water partition coefficient (Wildman–Crippen LogP) is 29.6. The second-order valence-corrected chi connectivity index (χ2v) is 31.2. The van der Waals surface area contributed by atoms with Gasteiger partial charge in [0.15, 0.2) is 34.9 Å². The van der Waals surface area contributed by atoms with Gasteiger partial charge in [0.1, 0.15) is 0 Å². The van der Waals surface area contributed by atoms with E-state index in [9.17, 15) is 0 Å². The van der Waals surface area contributed by atoms with Gasteiger partial charge in [-0.2, -0.15) is 0 Å². The van der Waals surface area contributed by atoms with Crippen LogP contribution in [0.1, 0.15) is 0 Å². The molecule has 0 bridgehead atoms. The molecule has 0 atom stereocenters. The maximum Gasteiger partial charge on any atom is 0.164 e. The van der Waals surface area contributed by atoms with E-state index >= 15 is 0 Å². The Balaban J connectivity index is 0.000000148. The number of rotatable bonds is 15. The van der Waals surface area contributed by atoms with E-state index in [1.807, 2.05) is 54.6 Å². The highest BCUT2D eigenvalue weighted by molar-refractivity contribution is 6.18. The number of fused-ring (bicyclic) bond motifs is 9. The topological polar surface area (TPSA) is 108 Å². The van der Waals surface area contributed by atoms with E-state index in [-0.39, 0.29) is 0 Å². The van der Waals surface area contributed by atoms with Crippen LogP contribution in [-0.4, -0.2) is 44.4 Å². The van der Waals surface area contributed by atoms with E-state index in [0.29, 0.717) is 34.9 Å². The summed E-state index contributed by atoms with van der Waals surface area (Å²) in [6.45, 7) is 0. The summed E-state index contributed by atoms with van der Waals surface area (Å²) >= 11 is 0. The largest absolute Gasteiger partial charge is 0.309 e. The molecule has 0 N–H and O–H groups in total. The lowest BCUT2D eigenvalue weighted by Gasteiger charge is -2.15. The Labute approximate surface area is 723 Å². The third kappa shape index (κ3) is 14.6. The van der Waals surface area contributed by atoms with Crippen LogP contribution in [0, 0.1) is 0 Å². The molecule has 18 aromatic carbocycles. The lowest BCUT2D eigenvalue weighted by Crippen LogP contribution is -2.00. The van der Waals surface area contributed by atoms with Crippen molar-refractivity contribution in [3.63, 3.8) is 0 Å². The molecule has 5 aromatic heterocycles. The first-order valence-corrected chi connectivity index (χ1v) is 42.1. The number of hydrogen-bond donors (Lipinski definition) is 0. The minimum absolute atomic E-state index is 0.620. The molecule has 0 aliphatic heterocycles. The first-order chi connectivity index (χ1) is 61.9. The highest BCUT2D eigenvalue weighted by Crippen LogP contribution is 2.44. The van der Waals surface area contributed by atoms with E-state index in [1.165, 1.54) is 38.1 Å². The molecule has 5 heterocycles. The minimum atomic E-state index is 0.620. The Bertz CT molecular complexity index is 7810. The van der Waals surface area contributed by atoms with Gasteiger partial charge in [-0.3, -0.25) is 0 Å². The summed E-state index contributed by atoms with van der Waals surface area (Å²) in [5.41, 5.74) is 28.8. The standard InChI is InChI=1S/C58H37N5.C58H38N4/c1-3-15-39(16-4-1)55-50-25-14-24-46(54(50)49-23-7-10-26-51(49)59-55)44-20-13-19-43(37-44)38-29-31-41(32-30-38)57-60-56(40-17-5-2-6-18-40)61-58(62-57)42-33-35-45(36-34-42)63-52-27-11-8-21-47(52)48-22-9-12-28-53(48)63;1-4-15-39(16-5-1)46-21-12-23-48(37-46)57-60-56(61-58(62-57)49-24-13-22-47(38-49)40-17-6-2-7-18-40)45-35-31-42(32-36-45)41-29-33-43(34-30-41)50-27-14-28-53-54(50)51-25-10-11-26-52(51)55(59-53)44-19-8-3-9-20-44/h1-37H;1-38H. The average molecular weight is 1590 g/mol. The van der Waals surface area contributed by atoms with Crippen LogP contribution in [0.25, 0.3) is 228 Å². The molecule has 0 amide bonds. The number of para-hydroxylation sites is 3. The molecule has 0 radical (unpaired) electrons. The monoisotopic (exact) mass is 1590 g/mol. The fraction of sp³-hybridized carbons (Fsp3) is 0. The number of pyridine rings is 2. The van der Waals surface area contributed by atoms with Crippen molar-refractivity contribution in [2.75, 3.05) is 0 Å². The van der Waals surface area contributed by atoms with Crippen molar-refractivity contribution >= 4 is 65.2 Å². The third-order valence-corrected chi connectivity index (χ3v) is 23.6. The summed E-state index contributed by atoms with van der Waals surface area (Å²) in [7, 11) is 0. The summed E-state index contributed by atoms with van der Waals surface area (Å²) in [6.07, 6.45) is 0. The zero-order valence-corrected chi connectivity index (χ0v) is 67.8. The second kappa shape index (κ2) is 32.7. The van der Waals surface area contributed by atoms with E-state index in [2.05, 4.69) is 405 Å². The summed E-state index contributed by atoms with van der Waals surface area (Å²) < 4.78 is 2.32. The van der Waals surface area contributed by atoms with Gasteiger partial charge in [-0.05, 0) is 139 Å². The molecule has 0 unspecified atom stereocenters. The fourth-order valence-corrected chi connectivity index (χ4v) is 17.5. The lowest BCUT2D eigenvalue weighted by atomic mass is 9.91. The second-order valence-electron chi connectivity index (χ2n) is 31.2. The summed E-state index contributed by atoms with van der Waals surface area (Å²) in [5.74, 6) is 3.75. The van der Waals surface area contributed by atoms with Gasteiger partial charge in [-0.15, -0.1) is 0 Å². The minimum Gasteiger partial charge on any atom is -0.309 e. The van der Waals surface area contributed by atoms with E-state index in [0.717, 1.165) is 155 Å². The van der Waals surface area contributed by atoms with Gasteiger partial charge in [0.2, 0.25) is 0 Å². The van der Waals surface area contributed by atoms with Crippen LogP contribution in [0.3, 0.4) is 0 Å². The zero-order chi connectivity index (χ0) is 82.9. The maximum atomic E-state index is 5.22. The Hall–Kier alpha value is -16.9. The van der Waals surface area contributed by atoms with Crippen molar-refractivity contribution in [2.24, 2.45) is 0 Å². The molecule has 23 rings (SSSR count). The van der Waals surface area contributed by atoms with E-state index < -0.39 is 0 Å². The number of benzene rings is 18. The molecular weight excluding hydrogens is 1520 g/mol. The van der Waals surface area contributed by atoms with Crippen molar-refractivity contribution in [2.45, 2.75) is 0 Å². The fourth-order valence-electron chi connectivity index (χ4n) is 17.5. The number of nitrogens with zero attached hydrogens (tertiary/aromatic N) is 9. The quantitative estimate of drug-likeness (QED) is 0.0934. The molecular formula is C116H75N9. The van der Waals surface area contributed by atoms with Crippen molar-refractivity contribution < 1.29 is 0 Å². The SMILES string of the molecule is c1ccc(-c2cccc(-c3nc(-c4ccc(-c5ccc(-c6cccc7nc(-c8ccccc8)c8ccccc8c67)cc5)cc4)nc(-c4cccc(-c5ccccc5)c4)n3)c2)cc1.c1ccc(-c2nc(-c3ccc(-c4cccc(-c5cccc6c(-c7ccccc7)nc7ccccc7c56)c4)cc3)nc(-c3ccc(-n4c5ccccc5c5ccccc54)cc3)n2)cc1. The van der Waals surface area contributed by atoms with Gasteiger partial charge in [-0.25, -0.2) is 39.9 Å². The van der Waals surface area contributed by atoms with Crippen LogP contribution in [0.4, 0.5) is 0 Å². The summed E-state index contributed by atoms with van der Waals surface area (Å²) in [6, 6.07) is 159. The molecule has 0 saturated carbocycles. The number of hydrogen-bond acceptors (Lipinski definition) is 8. The Morgan fingerprint density at radius 3 is 0.912 bits per heavy atom. The first kappa shape index (κ1) is 74.4. The van der Waals surface area contributed by atoms with E-state index in [4.69, 9.17) is 39.9 Å². The molecule has 0 aliphatic rings. The highest BCUT2D eigenvalue weighted by Gasteiger charge is 2.22. The molecule has 0 aliphatic carbocycles. The maximum absolute atomic E-state index is 5.22. The van der Waals surface area contributed by atoms with Crippen molar-refractivity contribution in [1.82, 2.24) is 44.4 Å². The van der Waals surface area contributed by atoms with Crippen LogP contribution in [0.2, 0.25) is 0 Å². The van der Waals surface area contributed by atoms with Crippen molar-refractivity contribution in [3.8, 4) is 163 Å². The van der Waals surface area contributed by atoms with E-state index in [1.54, 1.807) is 0 Å². The van der Waals surface area contributed by atoms with Crippen molar-refractivity contribution in [1.29, 1.82) is 0 Å². The molecule has 23 aromatic rings. The average Bonchev–Trinajstić information content (AvgIpc) is 0.993. The van der Waals surface area contributed by atoms with Gasteiger partial charge < -0.3 is 4.57 Å². The van der Waals surface area contributed by atoms with Crippen LogP contribution < -0.4 is 0 Å².